The first kappa shape index (κ1) is 20.8. The maximum Gasteiger partial charge on any atom is 0.277 e. The minimum atomic E-state index is 0.138. The van der Waals surface area contributed by atoms with E-state index in [1.807, 2.05) is 31.3 Å². The Kier molecular flexibility index (Phi) is 7.05. The second kappa shape index (κ2) is 9.50. The summed E-state index contributed by atoms with van der Waals surface area (Å²) in [5.41, 5.74) is 2.17. The highest BCUT2D eigenvalue weighted by Gasteiger charge is 2.24. The van der Waals surface area contributed by atoms with E-state index in [0.717, 1.165) is 37.5 Å². The van der Waals surface area contributed by atoms with Gasteiger partial charge in [-0.25, -0.2) is 0 Å². The molecule has 0 radical (unpaired) electrons. The van der Waals surface area contributed by atoms with Crippen LogP contribution in [0, 0.1) is 0 Å². The number of carbonyl (C=O) groups is 1. The van der Waals surface area contributed by atoms with Gasteiger partial charge in [0.2, 0.25) is 0 Å². The first-order valence-corrected chi connectivity index (χ1v) is 10.1. The Balaban J connectivity index is 1.47. The van der Waals surface area contributed by atoms with Crippen LogP contribution in [0.5, 0.6) is 5.75 Å². The van der Waals surface area contributed by atoms with Gasteiger partial charge in [-0.05, 0) is 42.0 Å². The summed E-state index contributed by atoms with van der Waals surface area (Å²) in [5.74, 6) is 1.00. The third kappa shape index (κ3) is 5.31. The van der Waals surface area contributed by atoms with E-state index >= 15 is 0 Å². The summed E-state index contributed by atoms with van der Waals surface area (Å²) < 4.78 is 5.22. The van der Waals surface area contributed by atoms with Gasteiger partial charge in [-0.1, -0.05) is 29.3 Å². The van der Waals surface area contributed by atoms with Gasteiger partial charge in [0.15, 0.2) is 6.54 Å². The molecule has 1 aliphatic heterocycles. The van der Waals surface area contributed by atoms with Crippen molar-refractivity contribution in [1.29, 1.82) is 0 Å². The van der Waals surface area contributed by atoms with Crippen LogP contribution in [0.15, 0.2) is 42.5 Å². The number of quaternary nitrogens is 1. The summed E-state index contributed by atoms with van der Waals surface area (Å²) in [4.78, 5) is 18.0. The van der Waals surface area contributed by atoms with Crippen molar-refractivity contribution >= 4 is 34.8 Å². The van der Waals surface area contributed by atoms with Gasteiger partial charge in [0.05, 0.1) is 43.3 Å². The molecule has 1 fully saturated rings. The number of benzene rings is 2. The van der Waals surface area contributed by atoms with E-state index in [2.05, 4.69) is 17.0 Å². The van der Waals surface area contributed by atoms with Crippen molar-refractivity contribution in [3.05, 3.63) is 58.1 Å². The second-order valence-electron chi connectivity index (χ2n) is 7.11. The number of halogens is 2. The zero-order valence-corrected chi connectivity index (χ0v) is 17.8. The molecule has 1 amide bonds. The minimum absolute atomic E-state index is 0.138. The molecular weight excluding hydrogens is 397 g/mol. The molecule has 150 valence electrons. The van der Waals surface area contributed by atoms with Crippen LogP contribution >= 0.6 is 23.2 Å². The molecule has 1 N–H and O–H groups in total. The van der Waals surface area contributed by atoms with Crippen LogP contribution < -0.4 is 14.5 Å². The Morgan fingerprint density at radius 1 is 1.11 bits per heavy atom. The zero-order valence-electron chi connectivity index (χ0n) is 16.3. The average molecular weight is 423 g/mol. The van der Waals surface area contributed by atoms with Crippen molar-refractivity contribution in [3.8, 4) is 5.75 Å². The lowest BCUT2D eigenvalue weighted by Crippen LogP contribution is -3.15. The molecule has 0 aromatic heterocycles. The number of anilines is 1. The van der Waals surface area contributed by atoms with Crippen molar-refractivity contribution in [2.24, 2.45) is 0 Å². The van der Waals surface area contributed by atoms with E-state index in [9.17, 15) is 4.79 Å². The number of nitrogens with zero attached hydrogens (tertiary/aromatic N) is 2. The molecule has 0 bridgehead atoms. The number of hydrogen-bond donors (Lipinski definition) is 1. The fourth-order valence-corrected chi connectivity index (χ4v) is 3.72. The van der Waals surface area contributed by atoms with E-state index in [1.54, 1.807) is 18.1 Å². The summed E-state index contributed by atoms with van der Waals surface area (Å²) >= 11 is 12.0. The highest BCUT2D eigenvalue weighted by Crippen LogP contribution is 2.23. The standard InChI is InChI=1S/C21H25Cl2N3O2/c1-24(14-16-3-8-19(22)20(23)13-16)21(27)15-25-9-11-26(12-10-25)17-4-6-18(28-2)7-5-17/h3-8,13H,9-12,14-15H2,1-2H3/p+1. The highest BCUT2D eigenvalue weighted by molar-refractivity contribution is 6.42. The number of methoxy groups -OCH3 is 1. The van der Waals surface area contributed by atoms with Crippen molar-refractivity contribution in [2.45, 2.75) is 6.54 Å². The number of ether oxygens (including phenoxy) is 1. The molecule has 1 heterocycles. The third-order valence-electron chi connectivity index (χ3n) is 5.14. The SMILES string of the molecule is COc1ccc(N2CC[NH+](CC(=O)N(C)Cc3ccc(Cl)c(Cl)c3)CC2)cc1. The van der Waals surface area contributed by atoms with E-state index in [1.165, 1.54) is 10.6 Å². The Morgan fingerprint density at radius 3 is 2.39 bits per heavy atom. The molecule has 2 aromatic carbocycles. The van der Waals surface area contributed by atoms with Crippen molar-refractivity contribution in [1.82, 2.24) is 4.90 Å². The van der Waals surface area contributed by atoms with Crippen LogP contribution in [0.1, 0.15) is 5.56 Å². The molecule has 28 heavy (non-hydrogen) atoms. The number of likely N-dealkylation sites (N-methyl/N-ethyl adjacent to an activating group) is 1. The molecule has 5 nitrogen and oxygen atoms in total. The van der Waals surface area contributed by atoms with Crippen LogP contribution in [0.3, 0.4) is 0 Å². The number of nitrogens with one attached hydrogen (secondary N) is 1. The predicted molar refractivity (Wildman–Crippen MR) is 114 cm³/mol. The lowest BCUT2D eigenvalue weighted by Gasteiger charge is -2.34. The van der Waals surface area contributed by atoms with Crippen LogP contribution in [-0.2, 0) is 11.3 Å². The fraction of sp³-hybridized carbons (Fsp3) is 0.381. The van der Waals surface area contributed by atoms with Gasteiger partial charge in [0.25, 0.3) is 5.91 Å². The quantitative estimate of drug-likeness (QED) is 0.776. The molecule has 1 saturated heterocycles. The van der Waals surface area contributed by atoms with Gasteiger partial charge >= 0.3 is 0 Å². The Labute approximate surface area is 176 Å². The largest absolute Gasteiger partial charge is 0.497 e. The average Bonchev–Trinajstić information content (AvgIpc) is 2.71. The Hall–Kier alpha value is -1.95. The lowest BCUT2D eigenvalue weighted by atomic mass is 10.2. The number of piperazine rings is 1. The Bertz CT molecular complexity index is 806. The maximum atomic E-state index is 12.6. The lowest BCUT2D eigenvalue weighted by molar-refractivity contribution is -0.892. The van der Waals surface area contributed by atoms with Crippen LogP contribution in [-0.4, -0.2) is 57.7 Å². The zero-order chi connectivity index (χ0) is 20.1. The number of amides is 1. The smallest absolute Gasteiger partial charge is 0.277 e. The number of rotatable bonds is 6. The first-order chi connectivity index (χ1) is 13.5. The molecule has 0 saturated carbocycles. The van der Waals surface area contributed by atoms with E-state index in [-0.39, 0.29) is 5.91 Å². The Morgan fingerprint density at radius 2 is 1.79 bits per heavy atom. The molecule has 0 unspecified atom stereocenters. The fourth-order valence-electron chi connectivity index (χ4n) is 3.40. The topological polar surface area (TPSA) is 37.2 Å². The maximum absolute atomic E-state index is 12.6. The summed E-state index contributed by atoms with van der Waals surface area (Å²) in [6.45, 7) is 4.79. The van der Waals surface area contributed by atoms with Crippen molar-refractivity contribution in [3.63, 3.8) is 0 Å². The van der Waals surface area contributed by atoms with Gasteiger partial charge in [0, 0.05) is 19.3 Å². The molecule has 0 aliphatic carbocycles. The molecule has 0 atom stereocenters. The third-order valence-corrected chi connectivity index (χ3v) is 5.88. The molecule has 0 spiro atoms. The van der Waals surface area contributed by atoms with Crippen molar-refractivity contribution < 1.29 is 14.4 Å². The van der Waals surface area contributed by atoms with Crippen LogP contribution in [0.25, 0.3) is 0 Å². The molecule has 3 rings (SSSR count). The van der Waals surface area contributed by atoms with Gasteiger partial charge in [-0.2, -0.15) is 0 Å². The molecule has 1 aliphatic rings. The number of hydrogen-bond acceptors (Lipinski definition) is 3. The summed E-state index contributed by atoms with van der Waals surface area (Å²) in [7, 11) is 3.50. The molecular formula is C21H26Cl2N3O2+. The normalized spacial score (nSPS) is 14.8. The van der Waals surface area contributed by atoms with Crippen LogP contribution in [0.4, 0.5) is 5.69 Å². The first-order valence-electron chi connectivity index (χ1n) is 9.36. The molecule has 7 heteroatoms. The highest BCUT2D eigenvalue weighted by atomic mass is 35.5. The van der Waals surface area contributed by atoms with Gasteiger partial charge < -0.3 is 19.4 Å². The monoisotopic (exact) mass is 422 g/mol. The summed E-state index contributed by atoms with van der Waals surface area (Å²) in [5, 5.41) is 1.04. The van der Waals surface area contributed by atoms with Gasteiger partial charge in [-0.3, -0.25) is 4.79 Å². The van der Waals surface area contributed by atoms with E-state index < -0.39 is 0 Å². The van der Waals surface area contributed by atoms with Crippen LogP contribution in [0.2, 0.25) is 10.0 Å². The van der Waals surface area contributed by atoms with Crippen molar-refractivity contribution in [2.75, 3.05) is 51.8 Å². The number of carbonyl (C=O) groups excluding carboxylic acids is 1. The predicted octanol–water partition coefficient (Wildman–Crippen LogP) is 2.37. The minimum Gasteiger partial charge on any atom is -0.497 e. The van der Waals surface area contributed by atoms with E-state index in [4.69, 9.17) is 27.9 Å². The van der Waals surface area contributed by atoms with Gasteiger partial charge in [-0.15, -0.1) is 0 Å². The summed E-state index contributed by atoms with van der Waals surface area (Å²) in [6.07, 6.45) is 0. The summed E-state index contributed by atoms with van der Waals surface area (Å²) in [6, 6.07) is 13.6. The van der Waals surface area contributed by atoms with E-state index in [0.29, 0.717) is 23.1 Å². The molecule has 2 aromatic rings. The second-order valence-corrected chi connectivity index (χ2v) is 7.92. The van der Waals surface area contributed by atoms with Gasteiger partial charge in [0.1, 0.15) is 5.75 Å².